The Kier molecular flexibility index (Phi) is 6.54. The van der Waals surface area contributed by atoms with E-state index in [1.807, 2.05) is 48.5 Å². The summed E-state index contributed by atoms with van der Waals surface area (Å²) in [5.74, 6) is -0.0814. The zero-order valence-corrected chi connectivity index (χ0v) is 18.8. The molecule has 1 amide bonds. The Morgan fingerprint density at radius 1 is 0.968 bits per heavy atom. The highest BCUT2D eigenvalue weighted by Crippen LogP contribution is 2.36. The third kappa shape index (κ3) is 4.89. The van der Waals surface area contributed by atoms with Crippen LogP contribution in [0.2, 0.25) is 15.1 Å². The summed E-state index contributed by atoms with van der Waals surface area (Å²) in [6, 6.07) is 22.6. The molecule has 1 fully saturated rings. The molecule has 0 aromatic heterocycles. The summed E-state index contributed by atoms with van der Waals surface area (Å²) in [5, 5.41) is 3.25. The van der Waals surface area contributed by atoms with Crippen molar-refractivity contribution in [1.29, 1.82) is 0 Å². The molecule has 0 saturated carbocycles. The summed E-state index contributed by atoms with van der Waals surface area (Å²) in [6.45, 7) is 4.93. The zero-order valence-electron chi connectivity index (χ0n) is 16.6. The van der Waals surface area contributed by atoms with Crippen LogP contribution in [0.1, 0.15) is 22.9 Å². The minimum atomic E-state index is -0.429. The minimum absolute atomic E-state index is 0.0814. The van der Waals surface area contributed by atoms with Gasteiger partial charge in [-0.05, 0) is 35.4 Å². The average molecular weight is 473 g/mol. The second-order valence-electron chi connectivity index (χ2n) is 7.29. The van der Waals surface area contributed by atoms with Crippen LogP contribution in [-0.2, 0) is 11.3 Å². The Bertz CT molecular complexity index is 1100. The molecule has 1 unspecified atom stereocenters. The van der Waals surface area contributed by atoms with Gasteiger partial charge in [-0.1, -0.05) is 89.9 Å². The number of benzene rings is 3. The molecule has 0 spiro atoms. The molecule has 0 aliphatic carbocycles. The highest BCUT2D eigenvalue weighted by atomic mass is 35.5. The summed E-state index contributed by atoms with van der Waals surface area (Å²) in [6.07, 6.45) is -0.429. The zero-order chi connectivity index (χ0) is 22.0. The van der Waals surface area contributed by atoms with Gasteiger partial charge in [0.1, 0.15) is 6.17 Å². The lowest BCUT2D eigenvalue weighted by molar-refractivity contribution is -0.130. The van der Waals surface area contributed by atoms with Crippen molar-refractivity contribution in [2.24, 2.45) is 0 Å². The molecule has 1 aliphatic rings. The number of halogens is 3. The lowest BCUT2D eigenvalue weighted by Crippen LogP contribution is -2.41. The average Bonchev–Trinajstić information content (AvgIpc) is 3.04. The van der Waals surface area contributed by atoms with Crippen LogP contribution in [0.3, 0.4) is 0 Å². The van der Waals surface area contributed by atoms with Gasteiger partial charge in [-0.2, -0.15) is 0 Å². The fraction of sp³-hybridized carbons (Fsp3) is 0.125. The molecule has 31 heavy (non-hydrogen) atoms. The van der Waals surface area contributed by atoms with Crippen LogP contribution in [0.4, 0.5) is 0 Å². The molecule has 3 aromatic carbocycles. The van der Waals surface area contributed by atoms with Gasteiger partial charge >= 0.3 is 0 Å². The molecule has 0 bridgehead atoms. The van der Waals surface area contributed by atoms with Crippen LogP contribution >= 0.6 is 34.8 Å². The second kappa shape index (κ2) is 9.33. The Morgan fingerprint density at radius 3 is 2.32 bits per heavy atom. The number of carbonyl (C=O) groups is 1. The van der Waals surface area contributed by atoms with E-state index >= 15 is 0 Å². The molecule has 0 radical (unpaired) electrons. The van der Waals surface area contributed by atoms with Crippen LogP contribution in [0, 0.1) is 0 Å². The Balaban J connectivity index is 1.67. The molecular formula is C24H20Cl3N3O. The number of hydrazine groups is 1. The maximum atomic E-state index is 13.0. The number of nitrogens with one attached hydrogen (secondary N) is 1. The molecule has 4 nitrogen and oxygen atoms in total. The summed E-state index contributed by atoms with van der Waals surface area (Å²) >= 11 is 18.7. The number of carbonyl (C=O) groups excluding carboxylic acids is 1. The van der Waals surface area contributed by atoms with E-state index in [0.29, 0.717) is 27.3 Å². The smallest absolute Gasteiger partial charge is 0.257 e. The Labute approximate surface area is 196 Å². The van der Waals surface area contributed by atoms with Gasteiger partial charge in [0, 0.05) is 27.2 Å². The number of amides is 1. The Hall–Kier alpha value is -2.50. The Morgan fingerprint density at radius 2 is 1.65 bits per heavy atom. The van der Waals surface area contributed by atoms with Crippen molar-refractivity contribution in [1.82, 2.24) is 15.3 Å². The van der Waals surface area contributed by atoms with Gasteiger partial charge in [0.25, 0.3) is 5.91 Å². The van der Waals surface area contributed by atoms with E-state index in [4.69, 9.17) is 34.8 Å². The van der Waals surface area contributed by atoms with Crippen LogP contribution in [-0.4, -0.2) is 22.4 Å². The topological polar surface area (TPSA) is 35.6 Å². The van der Waals surface area contributed by atoms with Gasteiger partial charge in [-0.15, -0.1) is 0 Å². The fourth-order valence-corrected chi connectivity index (χ4v) is 4.26. The van der Waals surface area contributed by atoms with Gasteiger partial charge in [0.05, 0.1) is 12.2 Å². The fourth-order valence-electron chi connectivity index (χ4n) is 3.63. The maximum Gasteiger partial charge on any atom is 0.257 e. The van der Waals surface area contributed by atoms with E-state index in [2.05, 4.69) is 16.9 Å². The monoisotopic (exact) mass is 471 g/mol. The van der Waals surface area contributed by atoms with Gasteiger partial charge < -0.3 is 0 Å². The quantitative estimate of drug-likeness (QED) is 0.466. The predicted molar refractivity (Wildman–Crippen MR) is 127 cm³/mol. The summed E-state index contributed by atoms with van der Waals surface area (Å²) < 4.78 is 0. The van der Waals surface area contributed by atoms with Crippen molar-refractivity contribution in [3.05, 3.63) is 111 Å². The van der Waals surface area contributed by atoms with Crippen molar-refractivity contribution < 1.29 is 4.79 Å². The molecule has 1 aliphatic heterocycles. The summed E-state index contributed by atoms with van der Waals surface area (Å²) in [7, 11) is 0. The van der Waals surface area contributed by atoms with E-state index in [0.717, 1.165) is 16.7 Å². The first-order valence-electron chi connectivity index (χ1n) is 9.69. The van der Waals surface area contributed by atoms with Gasteiger partial charge in [-0.25, -0.2) is 5.01 Å². The summed E-state index contributed by atoms with van der Waals surface area (Å²) in [4.78, 5) is 15.1. The van der Waals surface area contributed by atoms with Crippen molar-refractivity contribution in [2.75, 3.05) is 6.54 Å². The van der Waals surface area contributed by atoms with Crippen molar-refractivity contribution in [3.63, 3.8) is 0 Å². The molecule has 1 saturated heterocycles. The maximum absolute atomic E-state index is 13.0. The van der Waals surface area contributed by atoms with Crippen LogP contribution in [0.15, 0.2) is 79.4 Å². The molecule has 1 N–H and O–H groups in total. The standard InChI is InChI=1S/C24H20Cl3N3O/c1-16(18-7-9-19(25)10-8-18)28-30-23(31)15-29(14-17-5-3-2-4-6-17)24(30)21-12-11-20(26)13-22(21)27/h2-13,24,28H,1,14-15H2. The molecule has 4 rings (SSSR count). The SMILES string of the molecule is C=C(NN1C(=O)CN(Cc2ccccc2)C1c1ccc(Cl)cc1Cl)c1ccc(Cl)cc1. The molecule has 3 aromatic rings. The highest BCUT2D eigenvalue weighted by molar-refractivity contribution is 6.35. The molecule has 1 heterocycles. The van der Waals surface area contributed by atoms with Gasteiger partial charge in [0.15, 0.2) is 0 Å². The van der Waals surface area contributed by atoms with Crippen LogP contribution in [0.25, 0.3) is 5.70 Å². The van der Waals surface area contributed by atoms with Crippen molar-refractivity contribution in [2.45, 2.75) is 12.7 Å². The first-order valence-corrected chi connectivity index (χ1v) is 10.8. The van der Waals surface area contributed by atoms with Gasteiger partial charge in [0.2, 0.25) is 0 Å². The normalized spacial score (nSPS) is 16.5. The molecular weight excluding hydrogens is 453 g/mol. The minimum Gasteiger partial charge on any atom is -0.294 e. The van der Waals surface area contributed by atoms with Crippen LogP contribution in [0.5, 0.6) is 0 Å². The number of nitrogens with zero attached hydrogens (tertiary/aromatic N) is 2. The molecule has 158 valence electrons. The number of hydrogen-bond acceptors (Lipinski definition) is 3. The third-order valence-electron chi connectivity index (χ3n) is 5.11. The van der Waals surface area contributed by atoms with Crippen LogP contribution < -0.4 is 5.43 Å². The molecule has 7 heteroatoms. The van der Waals surface area contributed by atoms with E-state index in [-0.39, 0.29) is 12.5 Å². The van der Waals surface area contributed by atoms with Gasteiger partial charge in [-0.3, -0.25) is 15.1 Å². The first-order chi connectivity index (χ1) is 14.9. The number of rotatable bonds is 6. The lowest BCUT2D eigenvalue weighted by Gasteiger charge is -2.32. The van der Waals surface area contributed by atoms with E-state index in [9.17, 15) is 4.79 Å². The highest BCUT2D eigenvalue weighted by Gasteiger charge is 2.40. The van der Waals surface area contributed by atoms with Crippen molar-refractivity contribution in [3.8, 4) is 0 Å². The van der Waals surface area contributed by atoms with E-state index < -0.39 is 6.17 Å². The van der Waals surface area contributed by atoms with Crippen molar-refractivity contribution >= 4 is 46.4 Å². The largest absolute Gasteiger partial charge is 0.294 e. The van der Waals surface area contributed by atoms with E-state index in [1.165, 1.54) is 0 Å². The predicted octanol–water partition coefficient (Wildman–Crippen LogP) is 6.17. The summed E-state index contributed by atoms with van der Waals surface area (Å²) in [5.41, 5.74) is 6.48. The number of hydrogen-bond donors (Lipinski definition) is 1. The second-order valence-corrected chi connectivity index (χ2v) is 8.57. The van der Waals surface area contributed by atoms with E-state index in [1.54, 1.807) is 29.3 Å². The lowest BCUT2D eigenvalue weighted by atomic mass is 10.1. The molecule has 1 atom stereocenters. The third-order valence-corrected chi connectivity index (χ3v) is 5.93. The first kappa shape index (κ1) is 21.7.